The molecule has 0 saturated heterocycles. The Morgan fingerprint density at radius 3 is 2.81 bits per heavy atom. The molecule has 4 heteroatoms. The van der Waals surface area contributed by atoms with Crippen molar-refractivity contribution in [3.8, 4) is 0 Å². The van der Waals surface area contributed by atoms with Crippen LogP contribution < -0.4 is 10.6 Å². The normalized spacial score (nSPS) is 16.0. The Bertz CT molecular complexity index is 612. The van der Waals surface area contributed by atoms with Gasteiger partial charge in [0.1, 0.15) is 5.82 Å². The topological polar surface area (TPSA) is 54.0 Å². The summed E-state index contributed by atoms with van der Waals surface area (Å²) >= 11 is 0. The number of anilines is 1. The van der Waals surface area contributed by atoms with E-state index in [4.69, 9.17) is 0 Å². The number of rotatable bonds is 5. The first-order valence-corrected chi connectivity index (χ1v) is 6.99. The number of amides is 1. The van der Waals surface area contributed by atoms with Gasteiger partial charge in [0.05, 0.1) is 0 Å². The number of carbonyl (C=O) groups is 1. The molecule has 110 valence electrons. The lowest BCUT2D eigenvalue weighted by molar-refractivity contribution is -0.109. The van der Waals surface area contributed by atoms with Gasteiger partial charge < -0.3 is 10.6 Å². The fourth-order valence-corrected chi connectivity index (χ4v) is 2.18. The van der Waals surface area contributed by atoms with E-state index in [0.29, 0.717) is 13.0 Å². The zero-order valence-corrected chi connectivity index (χ0v) is 12.7. The van der Waals surface area contributed by atoms with Crippen LogP contribution in [0.1, 0.15) is 25.1 Å². The average molecular weight is 283 g/mol. The molecule has 0 saturated carbocycles. The van der Waals surface area contributed by atoms with Gasteiger partial charge in [-0.2, -0.15) is 0 Å². The number of nitrogens with zero attached hydrogens (tertiary/aromatic N) is 1. The summed E-state index contributed by atoms with van der Waals surface area (Å²) in [4.78, 5) is 14.9. The predicted molar refractivity (Wildman–Crippen MR) is 85.6 cm³/mol. The van der Waals surface area contributed by atoms with Gasteiger partial charge in [-0.3, -0.25) is 4.79 Å². The molecule has 0 atom stereocenters. The lowest BCUT2D eigenvalue weighted by atomic mass is 9.92. The predicted octanol–water partition coefficient (Wildman–Crippen LogP) is 3.08. The van der Waals surface area contributed by atoms with E-state index in [1.54, 1.807) is 0 Å². The first-order chi connectivity index (χ1) is 10.00. The third-order valence-corrected chi connectivity index (χ3v) is 3.28. The van der Waals surface area contributed by atoms with Crippen LogP contribution in [-0.4, -0.2) is 11.4 Å². The monoisotopic (exact) mass is 283 g/mol. The fourth-order valence-electron chi connectivity index (χ4n) is 2.18. The summed E-state index contributed by atoms with van der Waals surface area (Å²) in [6.45, 7) is 6.76. The maximum absolute atomic E-state index is 10.3. The Labute approximate surface area is 125 Å². The van der Waals surface area contributed by atoms with Crippen LogP contribution in [0.5, 0.6) is 0 Å². The maximum Gasteiger partial charge on any atom is 0.207 e. The van der Waals surface area contributed by atoms with Gasteiger partial charge in [0.2, 0.25) is 6.41 Å². The average Bonchev–Trinajstić information content (AvgIpc) is 2.58. The minimum Gasteiger partial charge on any atom is -0.355 e. The number of aryl methyl sites for hydroxylation is 1. The zero-order valence-electron chi connectivity index (χ0n) is 12.7. The van der Waals surface area contributed by atoms with E-state index in [-0.39, 0.29) is 5.41 Å². The van der Waals surface area contributed by atoms with Gasteiger partial charge in [0.25, 0.3) is 0 Å². The van der Waals surface area contributed by atoms with Gasteiger partial charge in [0.15, 0.2) is 0 Å². The van der Waals surface area contributed by atoms with Gasteiger partial charge >= 0.3 is 0 Å². The van der Waals surface area contributed by atoms with Crippen molar-refractivity contribution in [1.82, 2.24) is 10.3 Å². The lowest BCUT2D eigenvalue weighted by Gasteiger charge is -2.16. The highest BCUT2D eigenvalue weighted by Gasteiger charge is 2.13. The molecule has 0 bridgehead atoms. The van der Waals surface area contributed by atoms with Crippen LogP contribution in [0.15, 0.2) is 48.2 Å². The Hall–Kier alpha value is -2.36. The van der Waals surface area contributed by atoms with E-state index in [2.05, 4.69) is 47.7 Å². The quantitative estimate of drug-likeness (QED) is 0.816. The lowest BCUT2D eigenvalue weighted by Crippen LogP contribution is -2.12. The third kappa shape index (κ3) is 4.31. The van der Waals surface area contributed by atoms with Crippen LogP contribution in [-0.2, 0) is 11.3 Å². The van der Waals surface area contributed by atoms with E-state index in [0.717, 1.165) is 22.8 Å². The minimum absolute atomic E-state index is 0.00863. The van der Waals surface area contributed by atoms with Crippen molar-refractivity contribution < 1.29 is 4.79 Å². The number of hydrogen-bond acceptors (Lipinski definition) is 3. The van der Waals surface area contributed by atoms with Crippen molar-refractivity contribution in [1.29, 1.82) is 0 Å². The van der Waals surface area contributed by atoms with Crippen LogP contribution in [0, 0.1) is 12.3 Å². The van der Waals surface area contributed by atoms with Crippen molar-refractivity contribution in [2.24, 2.45) is 5.41 Å². The maximum atomic E-state index is 10.3. The zero-order chi connectivity index (χ0) is 15.3. The van der Waals surface area contributed by atoms with Crippen LogP contribution in [0.2, 0.25) is 0 Å². The molecule has 0 radical (unpaired) electrons. The molecule has 1 aliphatic rings. The highest BCUT2D eigenvalue weighted by atomic mass is 16.1. The number of pyridine rings is 1. The van der Waals surface area contributed by atoms with Crippen molar-refractivity contribution in [2.75, 3.05) is 5.32 Å². The van der Waals surface area contributed by atoms with E-state index in [1.807, 2.05) is 31.2 Å². The number of carbonyl (C=O) groups excluding carboxylic acids is 1. The van der Waals surface area contributed by atoms with Crippen molar-refractivity contribution >= 4 is 12.2 Å². The van der Waals surface area contributed by atoms with Gasteiger partial charge in [0, 0.05) is 23.4 Å². The molecule has 1 aromatic rings. The number of nitrogens with one attached hydrogen (secondary N) is 2. The van der Waals surface area contributed by atoms with Crippen molar-refractivity contribution in [2.45, 2.75) is 27.3 Å². The molecule has 0 fully saturated rings. The second-order valence-corrected chi connectivity index (χ2v) is 5.70. The Morgan fingerprint density at radius 2 is 2.10 bits per heavy atom. The summed E-state index contributed by atoms with van der Waals surface area (Å²) in [5.74, 6) is 0.802. The van der Waals surface area contributed by atoms with Gasteiger partial charge in [-0.1, -0.05) is 44.2 Å². The summed E-state index contributed by atoms with van der Waals surface area (Å²) in [6.07, 6.45) is 11.1. The summed E-state index contributed by atoms with van der Waals surface area (Å²) < 4.78 is 0. The largest absolute Gasteiger partial charge is 0.355 e. The second kappa shape index (κ2) is 6.39. The number of hydrogen-bond donors (Lipinski definition) is 2. The van der Waals surface area contributed by atoms with Crippen molar-refractivity contribution in [3.63, 3.8) is 0 Å². The summed E-state index contributed by atoms with van der Waals surface area (Å²) in [7, 11) is 0. The molecule has 1 aromatic heterocycles. The van der Waals surface area contributed by atoms with E-state index in [9.17, 15) is 4.79 Å². The number of allylic oxidation sites excluding steroid dienone is 5. The SMILES string of the molecule is Cc1nc(NC2=CC(C)(C)C=CC=C2)ccc1CNC=O. The van der Waals surface area contributed by atoms with E-state index >= 15 is 0 Å². The first-order valence-electron chi connectivity index (χ1n) is 6.99. The van der Waals surface area contributed by atoms with Gasteiger partial charge in [-0.05, 0) is 24.6 Å². The highest BCUT2D eigenvalue weighted by molar-refractivity contribution is 5.50. The molecule has 2 rings (SSSR count). The molecular weight excluding hydrogens is 262 g/mol. The first kappa shape index (κ1) is 15.0. The molecule has 0 aliphatic heterocycles. The standard InChI is InChI=1S/C17H21N3O/c1-13-14(11-18-12-21)7-8-16(19-13)20-15-6-4-5-9-17(2,3)10-15/h4-10,12H,11H2,1-3H3,(H,18,21)(H,19,20). The number of aromatic nitrogens is 1. The molecule has 1 heterocycles. The second-order valence-electron chi connectivity index (χ2n) is 5.70. The molecule has 1 aliphatic carbocycles. The third-order valence-electron chi connectivity index (χ3n) is 3.28. The molecule has 2 N–H and O–H groups in total. The van der Waals surface area contributed by atoms with Crippen LogP contribution in [0.4, 0.5) is 5.82 Å². The summed E-state index contributed by atoms with van der Waals surface area (Å²) in [6, 6.07) is 3.90. The van der Waals surface area contributed by atoms with Crippen LogP contribution in [0.25, 0.3) is 0 Å². The smallest absolute Gasteiger partial charge is 0.207 e. The minimum atomic E-state index is 0.00863. The Morgan fingerprint density at radius 1 is 1.29 bits per heavy atom. The fraction of sp³-hybridized carbons (Fsp3) is 0.294. The van der Waals surface area contributed by atoms with E-state index in [1.165, 1.54) is 0 Å². The van der Waals surface area contributed by atoms with E-state index < -0.39 is 0 Å². The Balaban J connectivity index is 2.15. The highest BCUT2D eigenvalue weighted by Crippen LogP contribution is 2.24. The molecule has 0 spiro atoms. The van der Waals surface area contributed by atoms with Gasteiger partial charge in [-0.25, -0.2) is 4.98 Å². The summed E-state index contributed by atoms with van der Waals surface area (Å²) in [5.41, 5.74) is 2.95. The van der Waals surface area contributed by atoms with Gasteiger partial charge in [-0.15, -0.1) is 0 Å². The summed E-state index contributed by atoms with van der Waals surface area (Å²) in [5, 5.41) is 5.99. The molecule has 0 unspecified atom stereocenters. The van der Waals surface area contributed by atoms with Crippen LogP contribution >= 0.6 is 0 Å². The van der Waals surface area contributed by atoms with Crippen molar-refractivity contribution in [3.05, 3.63) is 59.5 Å². The molecule has 4 nitrogen and oxygen atoms in total. The molecular formula is C17H21N3O. The van der Waals surface area contributed by atoms with Crippen LogP contribution in [0.3, 0.4) is 0 Å². The Kier molecular flexibility index (Phi) is 4.58. The molecule has 0 aromatic carbocycles. The molecule has 1 amide bonds. The molecule has 21 heavy (non-hydrogen) atoms.